The van der Waals surface area contributed by atoms with Gasteiger partial charge in [0, 0.05) is 19.3 Å². The van der Waals surface area contributed by atoms with E-state index >= 15 is 0 Å². The van der Waals surface area contributed by atoms with Gasteiger partial charge >= 0.3 is 0 Å². The third kappa shape index (κ3) is 3.60. The van der Waals surface area contributed by atoms with Crippen molar-refractivity contribution in [2.75, 3.05) is 11.9 Å². The quantitative estimate of drug-likeness (QED) is 0.910. The van der Waals surface area contributed by atoms with E-state index in [4.69, 9.17) is 4.74 Å². The number of amides is 1. The Morgan fingerprint density at radius 3 is 2.85 bits per heavy atom. The van der Waals surface area contributed by atoms with E-state index in [-0.39, 0.29) is 5.91 Å². The second kappa shape index (κ2) is 6.23. The zero-order chi connectivity index (χ0) is 14.5. The van der Waals surface area contributed by atoms with Crippen LogP contribution in [-0.2, 0) is 11.8 Å². The molecule has 0 saturated heterocycles. The molecule has 0 spiro atoms. The van der Waals surface area contributed by atoms with E-state index in [1.807, 2.05) is 32.0 Å². The van der Waals surface area contributed by atoms with Gasteiger partial charge in [0.1, 0.15) is 5.75 Å². The second-order valence-corrected chi connectivity index (χ2v) is 4.72. The fraction of sp³-hybridized carbons (Fsp3) is 0.333. The van der Waals surface area contributed by atoms with Gasteiger partial charge < -0.3 is 10.1 Å². The molecule has 1 amide bonds. The summed E-state index contributed by atoms with van der Waals surface area (Å²) in [6.07, 6.45) is 2.08. The van der Waals surface area contributed by atoms with E-state index in [0.717, 1.165) is 11.3 Å². The molecule has 0 atom stereocenters. The SMILES string of the molecule is Cc1cccc(OCCC(=O)Nc2ccn(C)n2)c1C. The fourth-order valence-corrected chi connectivity index (χ4v) is 1.82. The van der Waals surface area contributed by atoms with Gasteiger partial charge in [0.05, 0.1) is 13.0 Å². The lowest BCUT2D eigenvalue weighted by molar-refractivity contribution is -0.116. The average Bonchev–Trinajstić information content (AvgIpc) is 2.80. The number of carbonyl (C=O) groups excluding carboxylic acids is 1. The number of hydrogen-bond acceptors (Lipinski definition) is 3. The molecule has 5 nitrogen and oxygen atoms in total. The van der Waals surface area contributed by atoms with Crippen molar-refractivity contribution in [3.8, 4) is 5.75 Å². The van der Waals surface area contributed by atoms with Crippen LogP contribution in [0, 0.1) is 13.8 Å². The zero-order valence-electron chi connectivity index (χ0n) is 12.0. The fourth-order valence-electron chi connectivity index (χ4n) is 1.82. The Balaban J connectivity index is 1.81. The lowest BCUT2D eigenvalue weighted by atomic mass is 10.1. The van der Waals surface area contributed by atoms with Crippen LogP contribution < -0.4 is 10.1 Å². The summed E-state index contributed by atoms with van der Waals surface area (Å²) in [6.45, 7) is 4.40. The molecule has 2 rings (SSSR count). The van der Waals surface area contributed by atoms with Gasteiger partial charge in [-0.25, -0.2) is 0 Å². The van der Waals surface area contributed by atoms with Crippen LogP contribution >= 0.6 is 0 Å². The van der Waals surface area contributed by atoms with Crippen molar-refractivity contribution in [3.63, 3.8) is 0 Å². The molecule has 1 heterocycles. The summed E-state index contributed by atoms with van der Waals surface area (Å²) >= 11 is 0. The molecule has 0 unspecified atom stereocenters. The monoisotopic (exact) mass is 273 g/mol. The van der Waals surface area contributed by atoms with E-state index in [0.29, 0.717) is 18.8 Å². The first-order valence-electron chi connectivity index (χ1n) is 6.55. The smallest absolute Gasteiger partial charge is 0.229 e. The summed E-state index contributed by atoms with van der Waals surface area (Å²) < 4.78 is 7.29. The van der Waals surface area contributed by atoms with Crippen molar-refractivity contribution >= 4 is 11.7 Å². The maximum Gasteiger partial charge on any atom is 0.229 e. The molecular formula is C15H19N3O2. The van der Waals surface area contributed by atoms with E-state index in [1.165, 1.54) is 5.56 Å². The Kier molecular flexibility index (Phi) is 4.40. The predicted octanol–water partition coefficient (Wildman–Crippen LogP) is 2.44. The molecule has 0 aliphatic rings. The summed E-state index contributed by atoms with van der Waals surface area (Å²) in [6, 6.07) is 7.66. The first-order valence-corrected chi connectivity index (χ1v) is 6.55. The first kappa shape index (κ1) is 14.1. The minimum atomic E-state index is -0.103. The highest BCUT2D eigenvalue weighted by molar-refractivity contribution is 5.89. The number of nitrogens with one attached hydrogen (secondary N) is 1. The molecule has 106 valence electrons. The second-order valence-electron chi connectivity index (χ2n) is 4.72. The lowest BCUT2D eigenvalue weighted by Crippen LogP contribution is -2.15. The van der Waals surface area contributed by atoms with Gasteiger partial charge in [-0.3, -0.25) is 9.48 Å². The van der Waals surface area contributed by atoms with Crippen LogP contribution in [0.2, 0.25) is 0 Å². The van der Waals surface area contributed by atoms with Gasteiger partial charge in [0.2, 0.25) is 5.91 Å². The highest BCUT2D eigenvalue weighted by Crippen LogP contribution is 2.20. The molecular weight excluding hydrogens is 254 g/mol. The van der Waals surface area contributed by atoms with E-state index in [9.17, 15) is 4.79 Å². The number of ether oxygens (including phenoxy) is 1. The maximum atomic E-state index is 11.7. The minimum Gasteiger partial charge on any atom is -0.493 e. The van der Waals surface area contributed by atoms with Crippen molar-refractivity contribution in [2.24, 2.45) is 7.05 Å². The number of nitrogens with zero attached hydrogens (tertiary/aromatic N) is 2. The maximum absolute atomic E-state index is 11.7. The molecule has 0 saturated carbocycles. The van der Waals surface area contributed by atoms with Crippen LogP contribution in [0.15, 0.2) is 30.5 Å². The van der Waals surface area contributed by atoms with E-state index in [2.05, 4.69) is 10.4 Å². The Labute approximate surface area is 118 Å². The van der Waals surface area contributed by atoms with Gasteiger partial charge in [-0.15, -0.1) is 0 Å². The van der Waals surface area contributed by atoms with Gasteiger partial charge in [-0.1, -0.05) is 12.1 Å². The Bertz CT molecular complexity index is 605. The molecule has 0 bridgehead atoms. The van der Waals surface area contributed by atoms with Crippen LogP contribution in [0.5, 0.6) is 5.75 Å². The number of benzene rings is 1. The van der Waals surface area contributed by atoms with Crippen molar-refractivity contribution in [3.05, 3.63) is 41.6 Å². The third-order valence-electron chi connectivity index (χ3n) is 3.12. The summed E-state index contributed by atoms with van der Waals surface area (Å²) in [5, 5.41) is 6.81. The van der Waals surface area contributed by atoms with Crippen molar-refractivity contribution in [1.82, 2.24) is 9.78 Å². The highest BCUT2D eigenvalue weighted by Gasteiger charge is 2.06. The van der Waals surface area contributed by atoms with Crippen LogP contribution in [0.1, 0.15) is 17.5 Å². The van der Waals surface area contributed by atoms with Crippen molar-refractivity contribution in [1.29, 1.82) is 0 Å². The molecule has 1 N–H and O–H groups in total. The van der Waals surface area contributed by atoms with Crippen molar-refractivity contribution < 1.29 is 9.53 Å². The Morgan fingerprint density at radius 2 is 2.15 bits per heavy atom. The summed E-state index contributed by atoms with van der Waals surface area (Å²) in [4.78, 5) is 11.7. The van der Waals surface area contributed by atoms with E-state index in [1.54, 1.807) is 24.0 Å². The molecule has 0 fully saturated rings. The zero-order valence-corrected chi connectivity index (χ0v) is 12.0. The number of rotatable bonds is 5. The predicted molar refractivity (Wildman–Crippen MR) is 77.9 cm³/mol. The lowest BCUT2D eigenvalue weighted by Gasteiger charge is -2.10. The molecule has 0 aliphatic carbocycles. The third-order valence-corrected chi connectivity index (χ3v) is 3.12. The highest BCUT2D eigenvalue weighted by atomic mass is 16.5. The molecule has 2 aromatic rings. The topological polar surface area (TPSA) is 56.1 Å². The number of aromatic nitrogens is 2. The van der Waals surface area contributed by atoms with Crippen molar-refractivity contribution in [2.45, 2.75) is 20.3 Å². The number of anilines is 1. The van der Waals surface area contributed by atoms with Gasteiger partial charge in [-0.05, 0) is 31.0 Å². The van der Waals surface area contributed by atoms with E-state index < -0.39 is 0 Å². The Morgan fingerprint density at radius 1 is 1.35 bits per heavy atom. The average molecular weight is 273 g/mol. The van der Waals surface area contributed by atoms with Crippen LogP contribution in [0.25, 0.3) is 0 Å². The largest absolute Gasteiger partial charge is 0.493 e. The summed E-state index contributed by atoms with van der Waals surface area (Å²) in [5.41, 5.74) is 2.29. The normalized spacial score (nSPS) is 10.3. The number of hydrogen-bond donors (Lipinski definition) is 1. The van der Waals surface area contributed by atoms with Gasteiger partial charge in [-0.2, -0.15) is 5.10 Å². The molecule has 1 aromatic carbocycles. The summed E-state index contributed by atoms with van der Waals surface area (Å²) in [5.74, 6) is 1.29. The Hall–Kier alpha value is -2.30. The van der Waals surface area contributed by atoms with Crippen LogP contribution in [0.4, 0.5) is 5.82 Å². The molecule has 20 heavy (non-hydrogen) atoms. The first-order chi connectivity index (χ1) is 9.56. The standard InChI is InChI=1S/C15H19N3O2/c1-11-5-4-6-13(12(11)2)20-10-8-15(19)16-14-7-9-18(3)17-14/h4-7,9H,8,10H2,1-3H3,(H,16,17,19). The van der Waals surface area contributed by atoms with Crippen LogP contribution in [0.3, 0.4) is 0 Å². The minimum absolute atomic E-state index is 0.103. The molecule has 5 heteroatoms. The van der Waals surface area contributed by atoms with Gasteiger partial charge in [0.25, 0.3) is 0 Å². The summed E-state index contributed by atoms with van der Waals surface area (Å²) in [7, 11) is 1.80. The number of aryl methyl sites for hydroxylation is 2. The van der Waals surface area contributed by atoms with Gasteiger partial charge in [0.15, 0.2) is 5.82 Å². The van der Waals surface area contributed by atoms with Crippen LogP contribution in [-0.4, -0.2) is 22.3 Å². The molecule has 0 aliphatic heterocycles. The molecule has 1 aromatic heterocycles. The molecule has 0 radical (unpaired) electrons. The number of carbonyl (C=O) groups is 1.